The maximum absolute atomic E-state index is 10.1. The summed E-state index contributed by atoms with van der Waals surface area (Å²) in [5.74, 6) is 0.703. The van der Waals surface area contributed by atoms with Crippen molar-refractivity contribution in [1.29, 1.82) is 0 Å². The van der Waals surface area contributed by atoms with Crippen LogP contribution in [0, 0.1) is 0 Å². The summed E-state index contributed by atoms with van der Waals surface area (Å²) in [4.78, 5) is 0. The highest BCUT2D eigenvalue weighted by Crippen LogP contribution is 2.32. The van der Waals surface area contributed by atoms with E-state index in [9.17, 15) is 10.2 Å². The zero-order valence-electron chi connectivity index (χ0n) is 13.1. The maximum Gasteiger partial charge on any atom is 0.119 e. The smallest absolute Gasteiger partial charge is 0.119 e. The molecule has 0 spiro atoms. The molecular formula is C18H30O2. The molecular weight excluding hydrogens is 248 g/mol. The molecule has 1 aromatic rings. The minimum atomic E-state index is 0.352. The highest BCUT2D eigenvalue weighted by Gasteiger charge is 2.12. The first-order chi connectivity index (χ1) is 9.70. The first kappa shape index (κ1) is 16.9. The summed E-state index contributed by atoms with van der Waals surface area (Å²) < 4.78 is 0. The van der Waals surface area contributed by atoms with Crippen molar-refractivity contribution >= 4 is 0 Å². The lowest BCUT2D eigenvalue weighted by atomic mass is 9.95. The first-order valence-corrected chi connectivity index (χ1v) is 8.23. The number of phenolic OH excluding ortho intramolecular Hbond substituents is 2. The molecule has 0 saturated carbocycles. The van der Waals surface area contributed by atoms with E-state index in [1.807, 2.05) is 0 Å². The molecule has 2 heteroatoms. The lowest BCUT2D eigenvalue weighted by Gasteiger charge is -2.13. The molecule has 0 aromatic heterocycles. The minimum Gasteiger partial charge on any atom is -0.508 e. The Morgan fingerprint density at radius 3 is 1.40 bits per heavy atom. The van der Waals surface area contributed by atoms with Crippen LogP contribution in [0.5, 0.6) is 11.5 Å². The van der Waals surface area contributed by atoms with Crippen molar-refractivity contribution in [3.05, 3.63) is 23.3 Å². The standard InChI is InChI=1S/C18H30O2/c1-3-5-7-9-11-15-16(12-10-8-6-4-2)18(20)14-13-17(15)19/h13-14,19-20H,3-12H2,1-2H3. The van der Waals surface area contributed by atoms with Gasteiger partial charge in [-0.25, -0.2) is 0 Å². The van der Waals surface area contributed by atoms with Crippen molar-refractivity contribution in [1.82, 2.24) is 0 Å². The molecule has 0 radical (unpaired) electrons. The SMILES string of the molecule is CCCCCCc1c(O)ccc(O)c1CCCCCC. The van der Waals surface area contributed by atoms with Crippen LogP contribution < -0.4 is 0 Å². The van der Waals surface area contributed by atoms with Gasteiger partial charge in [-0.2, -0.15) is 0 Å². The number of phenols is 2. The number of benzene rings is 1. The van der Waals surface area contributed by atoms with Gasteiger partial charge in [0.15, 0.2) is 0 Å². The average Bonchev–Trinajstić information content (AvgIpc) is 2.45. The summed E-state index contributed by atoms with van der Waals surface area (Å²) >= 11 is 0. The van der Waals surface area contributed by atoms with E-state index >= 15 is 0 Å². The lowest BCUT2D eigenvalue weighted by molar-refractivity contribution is 0.444. The van der Waals surface area contributed by atoms with E-state index in [1.165, 1.54) is 38.5 Å². The molecule has 0 aliphatic carbocycles. The van der Waals surface area contributed by atoms with Crippen LogP contribution in [0.1, 0.15) is 76.3 Å². The van der Waals surface area contributed by atoms with Crippen LogP contribution in [0.2, 0.25) is 0 Å². The minimum absolute atomic E-state index is 0.352. The second-order valence-corrected chi connectivity index (χ2v) is 5.68. The van der Waals surface area contributed by atoms with E-state index in [0.717, 1.165) is 36.8 Å². The van der Waals surface area contributed by atoms with E-state index in [2.05, 4.69) is 13.8 Å². The van der Waals surface area contributed by atoms with Crippen LogP contribution in [-0.4, -0.2) is 10.2 Å². The highest BCUT2D eigenvalue weighted by molar-refractivity contribution is 5.47. The molecule has 0 saturated heterocycles. The van der Waals surface area contributed by atoms with Crippen molar-refractivity contribution in [2.24, 2.45) is 0 Å². The molecule has 0 aliphatic rings. The van der Waals surface area contributed by atoms with E-state index < -0.39 is 0 Å². The van der Waals surface area contributed by atoms with E-state index in [4.69, 9.17) is 0 Å². The molecule has 0 bridgehead atoms. The normalized spacial score (nSPS) is 10.9. The Hall–Kier alpha value is -1.18. The van der Waals surface area contributed by atoms with Gasteiger partial charge in [0, 0.05) is 11.1 Å². The van der Waals surface area contributed by atoms with Crippen LogP contribution >= 0.6 is 0 Å². The predicted octanol–water partition coefficient (Wildman–Crippen LogP) is 5.34. The molecule has 1 rings (SSSR count). The zero-order chi connectivity index (χ0) is 14.8. The maximum atomic E-state index is 10.1. The van der Waals surface area contributed by atoms with Crippen LogP contribution in [0.25, 0.3) is 0 Å². The Morgan fingerprint density at radius 2 is 1.05 bits per heavy atom. The second-order valence-electron chi connectivity index (χ2n) is 5.68. The predicted molar refractivity (Wildman–Crippen MR) is 85.5 cm³/mol. The van der Waals surface area contributed by atoms with Crippen LogP contribution in [-0.2, 0) is 12.8 Å². The third-order valence-electron chi connectivity index (χ3n) is 3.94. The van der Waals surface area contributed by atoms with Gasteiger partial charge in [-0.1, -0.05) is 52.4 Å². The molecule has 0 aliphatic heterocycles. The summed E-state index contributed by atoms with van der Waals surface area (Å²) in [5.41, 5.74) is 1.94. The van der Waals surface area contributed by atoms with Gasteiger partial charge in [-0.3, -0.25) is 0 Å². The highest BCUT2D eigenvalue weighted by atomic mass is 16.3. The first-order valence-electron chi connectivity index (χ1n) is 8.23. The Balaban J connectivity index is 2.66. The van der Waals surface area contributed by atoms with Gasteiger partial charge in [0.2, 0.25) is 0 Å². The molecule has 20 heavy (non-hydrogen) atoms. The molecule has 114 valence electrons. The van der Waals surface area contributed by atoms with Crippen molar-refractivity contribution in [2.75, 3.05) is 0 Å². The van der Waals surface area contributed by atoms with E-state index in [1.54, 1.807) is 12.1 Å². The molecule has 0 amide bonds. The van der Waals surface area contributed by atoms with Gasteiger partial charge in [0.05, 0.1) is 0 Å². The summed E-state index contributed by atoms with van der Waals surface area (Å²) in [6.45, 7) is 4.40. The zero-order valence-corrected chi connectivity index (χ0v) is 13.1. The molecule has 1 aromatic carbocycles. The van der Waals surface area contributed by atoms with Gasteiger partial charge in [0.1, 0.15) is 11.5 Å². The monoisotopic (exact) mass is 278 g/mol. The van der Waals surface area contributed by atoms with Crippen molar-refractivity contribution in [3.8, 4) is 11.5 Å². The molecule has 0 fully saturated rings. The van der Waals surface area contributed by atoms with E-state index in [-0.39, 0.29) is 0 Å². The van der Waals surface area contributed by atoms with Crippen LogP contribution in [0.15, 0.2) is 12.1 Å². The second kappa shape index (κ2) is 9.68. The largest absolute Gasteiger partial charge is 0.508 e. The quantitative estimate of drug-likeness (QED) is 0.448. The van der Waals surface area contributed by atoms with Gasteiger partial charge in [0.25, 0.3) is 0 Å². The van der Waals surface area contributed by atoms with Gasteiger partial charge < -0.3 is 10.2 Å². The van der Waals surface area contributed by atoms with Gasteiger partial charge in [-0.15, -0.1) is 0 Å². The summed E-state index contributed by atoms with van der Waals surface area (Å²) in [7, 11) is 0. The molecule has 2 N–H and O–H groups in total. The third kappa shape index (κ3) is 5.44. The Bertz CT molecular complexity index is 348. The number of rotatable bonds is 10. The molecule has 0 atom stereocenters. The Kier molecular flexibility index (Phi) is 8.17. The average molecular weight is 278 g/mol. The third-order valence-corrected chi connectivity index (χ3v) is 3.94. The molecule has 0 unspecified atom stereocenters. The van der Waals surface area contributed by atoms with E-state index in [0.29, 0.717) is 11.5 Å². The molecule has 2 nitrogen and oxygen atoms in total. The number of unbranched alkanes of at least 4 members (excludes halogenated alkanes) is 6. The fraction of sp³-hybridized carbons (Fsp3) is 0.667. The number of hydrogen-bond donors (Lipinski definition) is 2. The fourth-order valence-corrected chi connectivity index (χ4v) is 2.68. The van der Waals surface area contributed by atoms with Crippen molar-refractivity contribution in [3.63, 3.8) is 0 Å². The van der Waals surface area contributed by atoms with Crippen LogP contribution in [0.3, 0.4) is 0 Å². The van der Waals surface area contributed by atoms with Crippen molar-refractivity contribution < 1.29 is 10.2 Å². The molecule has 0 heterocycles. The summed E-state index contributed by atoms with van der Waals surface area (Å²) in [5, 5.41) is 20.1. The van der Waals surface area contributed by atoms with Gasteiger partial charge >= 0.3 is 0 Å². The topological polar surface area (TPSA) is 40.5 Å². The fourth-order valence-electron chi connectivity index (χ4n) is 2.68. The number of hydrogen-bond acceptors (Lipinski definition) is 2. The summed E-state index contributed by atoms with van der Waals surface area (Å²) in [6.07, 6.45) is 11.2. The van der Waals surface area contributed by atoms with Gasteiger partial charge in [-0.05, 0) is 37.8 Å². The summed E-state index contributed by atoms with van der Waals surface area (Å²) in [6, 6.07) is 3.25. The van der Waals surface area contributed by atoms with Crippen molar-refractivity contribution in [2.45, 2.75) is 78.1 Å². The van der Waals surface area contributed by atoms with Crippen LogP contribution in [0.4, 0.5) is 0 Å². The lowest BCUT2D eigenvalue weighted by Crippen LogP contribution is -1.97. The number of aromatic hydroxyl groups is 2. The Morgan fingerprint density at radius 1 is 0.650 bits per heavy atom. The Labute approximate surface area is 123 Å².